The third-order valence-electron chi connectivity index (χ3n) is 3.20. The maximum absolute atomic E-state index is 13.9. The van der Waals surface area contributed by atoms with Crippen molar-refractivity contribution in [3.63, 3.8) is 0 Å². The zero-order valence-electron chi connectivity index (χ0n) is 9.17. The largest absolute Gasteiger partial charge is 0.305 e. The van der Waals surface area contributed by atoms with Crippen molar-refractivity contribution < 1.29 is 8.78 Å². The normalized spacial score (nSPS) is 29.6. The molecule has 2 unspecified atom stereocenters. The number of halogens is 3. The van der Waals surface area contributed by atoms with Crippen molar-refractivity contribution in [1.82, 2.24) is 5.32 Å². The van der Waals surface area contributed by atoms with E-state index in [1.807, 2.05) is 6.92 Å². The first-order chi connectivity index (χ1) is 7.13. The molecule has 1 aliphatic heterocycles. The van der Waals surface area contributed by atoms with Crippen LogP contribution in [-0.2, 0) is 5.54 Å². The number of hydrogen-bond acceptors (Lipinski definition) is 1. The van der Waals surface area contributed by atoms with Crippen molar-refractivity contribution in [2.24, 2.45) is 0 Å². The van der Waals surface area contributed by atoms with Gasteiger partial charge in [-0.15, -0.1) is 12.4 Å². The number of hydrogen-bond donors (Lipinski definition) is 1. The molecule has 0 radical (unpaired) electrons. The summed E-state index contributed by atoms with van der Waals surface area (Å²) in [6, 6.07) is 6.06. The molecule has 1 aliphatic rings. The highest BCUT2D eigenvalue weighted by molar-refractivity contribution is 5.85. The molecule has 1 aromatic rings. The zero-order chi connectivity index (χ0) is 10.9. The Morgan fingerprint density at radius 1 is 1.31 bits per heavy atom. The topological polar surface area (TPSA) is 12.0 Å². The summed E-state index contributed by atoms with van der Waals surface area (Å²) in [5.41, 5.74) is 0.155. The molecule has 0 amide bonds. The Bertz CT molecular complexity index is 341. The van der Waals surface area contributed by atoms with Crippen LogP contribution < -0.4 is 5.32 Å². The lowest BCUT2D eigenvalue weighted by molar-refractivity contribution is 0.121. The monoisotopic (exact) mass is 247 g/mol. The first kappa shape index (κ1) is 13.4. The molecule has 0 spiro atoms. The first-order valence-corrected chi connectivity index (χ1v) is 5.28. The van der Waals surface area contributed by atoms with E-state index in [4.69, 9.17) is 0 Å². The highest BCUT2D eigenvalue weighted by Crippen LogP contribution is 2.32. The van der Waals surface area contributed by atoms with Gasteiger partial charge in [-0.25, -0.2) is 8.78 Å². The Morgan fingerprint density at radius 2 is 1.94 bits per heavy atom. The van der Waals surface area contributed by atoms with Crippen LogP contribution in [0.4, 0.5) is 8.78 Å². The predicted molar refractivity (Wildman–Crippen MR) is 63.1 cm³/mol. The van der Waals surface area contributed by atoms with E-state index in [1.54, 1.807) is 12.1 Å². The Morgan fingerprint density at radius 3 is 2.50 bits per heavy atom. The molecule has 0 bridgehead atoms. The standard InChI is InChI=1S/C12H15F2N.ClH/c1-12(11(14)3-2-8-15-12)9-4-6-10(13)7-5-9;/h4-7,11,15H,2-3,8H2,1H3;1H. The summed E-state index contributed by atoms with van der Waals surface area (Å²) < 4.78 is 26.6. The molecular formula is C12H16ClF2N. The van der Waals surface area contributed by atoms with Crippen LogP contribution in [0.2, 0.25) is 0 Å². The molecule has 1 nitrogen and oxygen atoms in total. The van der Waals surface area contributed by atoms with E-state index < -0.39 is 11.7 Å². The van der Waals surface area contributed by atoms with Gasteiger partial charge in [-0.3, -0.25) is 0 Å². The smallest absolute Gasteiger partial charge is 0.123 e. The van der Waals surface area contributed by atoms with Crippen molar-refractivity contribution in [3.8, 4) is 0 Å². The lowest BCUT2D eigenvalue weighted by atomic mass is 9.82. The minimum absolute atomic E-state index is 0. The second-order valence-corrected chi connectivity index (χ2v) is 4.25. The number of benzene rings is 1. The average molecular weight is 248 g/mol. The minimum atomic E-state index is -0.906. The van der Waals surface area contributed by atoms with Crippen LogP contribution in [0.3, 0.4) is 0 Å². The summed E-state index contributed by atoms with van der Waals surface area (Å²) in [4.78, 5) is 0. The fraction of sp³-hybridized carbons (Fsp3) is 0.500. The molecule has 0 saturated carbocycles. The fourth-order valence-corrected chi connectivity index (χ4v) is 2.11. The number of alkyl halides is 1. The molecule has 0 aromatic heterocycles. The Kier molecular flexibility index (Phi) is 4.28. The number of rotatable bonds is 1. The lowest BCUT2D eigenvalue weighted by Gasteiger charge is -2.38. The Hall–Kier alpha value is -0.670. The van der Waals surface area contributed by atoms with Crippen molar-refractivity contribution in [2.75, 3.05) is 6.54 Å². The third kappa shape index (κ3) is 2.36. The predicted octanol–water partition coefficient (Wildman–Crippen LogP) is 3.18. The second-order valence-electron chi connectivity index (χ2n) is 4.25. The molecule has 1 aromatic carbocycles. The highest BCUT2D eigenvalue weighted by atomic mass is 35.5. The summed E-state index contributed by atoms with van der Waals surface area (Å²) in [6.45, 7) is 2.65. The van der Waals surface area contributed by atoms with Gasteiger partial charge in [0.1, 0.15) is 12.0 Å². The first-order valence-electron chi connectivity index (χ1n) is 5.28. The molecule has 1 N–H and O–H groups in total. The van der Waals surface area contributed by atoms with Crippen LogP contribution in [0.25, 0.3) is 0 Å². The maximum atomic E-state index is 13.9. The van der Waals surface area contributed by atoms with E-state index in [9.17, 15) is 8.78 Å². The summed E-state index contributed by atoms with van der Waals surface area (Å²) in [7, 11) is 0. The molecule has 2 atom stereocenters. The number of nitrogens with one attached hydrogen (secondary N) is 1. The van der Waals surface area contributed by atoms with E-state index in [-0.39, 0.29) is 18.2 Å². The van der Waals surface area contributed by atoms with E-state index >= 15 is 0 Å². The van der Waals surface area contributed by atoms with Gasteiger partial charge in [0.2, 0.25) is 0 Å². The van der Waals surface area contributed by atoms with E-state index in [0.29, 0.717) is 6.42 Å². The molecule has 1 heterocycles. The Balaban J connectivity index is 0.00000128. The van der Waals surface area contributed by atoms with Gasteiger partial charge in [-0.2, -0.15) is 0 Å². The van der Waals surface area contributed by atoms with E-state index in [2.05, 4.69) is 5.32 Å². The maximum Gasteiger partial charge on any atom is 0.123 e. The third-order valence-corrected chi connectivity index (χ3v) is 3.20. The van der Waals surface area contributed by atoms with Crippen LogP contribution in [0.1, 0.15) is 25.3 Å². The van der Waals surface area contributed by atoms with Crippen molar-refractivity contribution >= 4 is 12.4 Å². The molecule has 0 aliphatic carbocycles. The van der Waals surface area contributed by atoms with Crippen LogP contribution in [0, 0.1) is 5.82 Å². The minimum Gasteiger partial charge on any atom is -0.305 e. The second kappa shape index (κ2) is 5.11. The Labute approximate surface area is 101 Å². The van der Waals surface area contributed by atoms with Crippen LogP contribution in [-0.4, -0.2) is 12.7 Å². The van der Waals surface area contributed by atoms with Crippen LogP contribution >= 0.6 is 12.4 Å². The average Bonchev–Trinajstić information content (AvgIpc) is 2.23. The molecule has 90 valence electrons. The summed E-state index contributed by atoms with van der Waals surface area (Å²) in [6.07, 6.45) is 0.524. The molecule has 1 fully saturated rings. The van der Waals surface area contributed by atoms with Gasteiger partial charge in [0.15, 0.2) is 0 Å². The van der Waals surface area contributed by atoms with Crippen molar-refractivity contribution in [3.05, 3.63) is 35.6 Å². The van der Waals surface area contributed by atoms with Crippen molar-refractivity contribution in [1.29, 1.82) is 0 Å². The van der Waals surface area contributed by atoms with Gasteiger partial charge in [0.25, 0.3) is 0 Å². The zero-order valence-corrected chi connectivity index (χ0v) is 9.99. The van der Waals surface area contributed by atoms with Gasteiger partial charge < -0.3 is 5.32 Å². The van der Waals surface area contributed by atoms with Gasteiger partial charge in [0.05, 0.1) is 5.54 Å². The van der Waals surface area contributed by atoms with E-state index in [0.717, 1.165) is 18.5 Å². The molecule has 4 heteroatoms. The lowest BCUT2D eigenvalue weighted by Crippen LogP contribution is -2.51. The van der Waals surface area contributed by atoms with Crippen molar-refractivity contribution in [2.45, 2.75) is 31.5 Å². The fourth-order valence-electron chi connectivity index (χ4n) is 2.11. The quantitative estimate of drug-likeness (QED) is 0.804. The number of piperidine rings is 1. The van der Waals surface area contributed by atoms with Gasteiger partial charge in [-0.05, 0) is 44.0 Å². The highest BCUT2D eigenvalue weighted by Gasteiger charge is 2.37. The summed E-state index contributed by atoms with van der Waals surface area (Å²) in [5, 5.41) is 3.18. The van der Waals surface area contributed by atoms with E-state index in [1.165, 1.54) is 12.1 Å². The molecular weight excluding hydrogens is 232 g/mol. The summed E-state index contributed by atoms with van der Waals surface area (Å²) in [5.74, 6) is -0.284. The molecule has 16 heavy (non-hydrogen) atoms. The molecule has 1 saturated heterocycles. The van der Waals surface area contributed by atoms with Crippen LogP contribution in [0.5, 0.6) is 0 Å². The van der Waals surface area contributed by atoms with Crippen LogP contribution in [0.15, 0.2) is 24.3 Å². The molecule has 2 rings (SSSR count). The van der Waals surface area contributed by atoms with Gasteiger partial charge in [-0.1, -0.05) is 12.1 Å². The SMILES string of the molecule is CC1(c2ccc(F)cc2)NCCCC1F.Cl. The van der Waals surface area contributed by atoms with Gasteiger partial charge >= 0.3 is 0 Å². The van der Waals surface area contributed by atoms with Gasteiger partial charge in [0, 0.05) is 0 Å². The summed E-state index contributed by atoms with van der Waals surface area (Å²) >= 11 is 0.